The molecule has 3 N–H and O–H groups in total. The van der Waals surface area contributed by atoms with Crippen LogP contribution < -0.4 is 10.6 Å². The van der Waals surface area contributed by atoms with E-state index >= 15 is 0 Å². The number of anilines is 1. The second kappa shape index (κ2) is 13.8. The van der Waals surface area contributed by atoms with Crippen molar-refractivity contribution in [2.75, 3.05) is 25.5 Å². The van der Waals surface area contributed by atoms with E-state index in [0.29, 0.717) is 30.3 Å². The van der Waals surface area contributed by atoms with E-state index < -0.39 is 18.0 Å². The van der Waals surface area contributed by atoms with Gasteiger partial charge in [-0.1, -0.05) is 72.8 Å². The topological polar surface area (TPSA) is 117 Å². The number of nitrogens with zero attached hydrogens (tertiary/aromatic N) is 1. The second-order valence-corrected chi connectivity index (χ2v) is 10.2. The smallest absolute Gasteiger partial charge is 0.411 e. The van der Waals surface area contributed by atoms with Crippen molar-refractivity contribution in [3.8, 4) is 0 Å². The van der Waals surface area contributed by atoms with Gasteiger partial charge in [0.1, 0.15) is 6.61 Å². The monoisotopic (exact) mass is 579 g/mol. The Kier molecular flexibility index (Phi) is 9.46. The number of hydroxylamine groups is 2. The first kappa shape index (κ1) is 29.5. The molecule has 0 atom stereocenters. The molecule has 0 saturated carbocycles. The molecule has 0 radical (unpaired) electrons. The minimum Gasteiger partial charge on any atom is -0.466 e. The Bertz CT molecular complexity index is 1750. The molecule has 9 nitrogen and oxygen atoms in total. The van der Waals surface area contributed by atoms with E-state index in [1.54, 1.807) is 0 Å². The van der Waals surface area contributed by atoms with Gasteiger partial charge in [-0.25, -0.2) is 14.7 Å². The van der Waals surface area contributed by atoms with Crippen molar-refractivity contribution < 1.29 is 29.1 Å². The Morgan fingerprint density at radius 3 is 2.23 bits per heavy atom. The fourth-order valence-corrected chi connectivity index (χ4v) is 5.04. The molecule has 0 bridgehead atoms. The standard InChI is InChI=1S/C34H33N3O6/c1-42-31(39)18-17-30(38)37(41)20-3-2-19-35-21-23-7-9-24(10-8-23)22-43-34(40)36-29-16-14-27-12-11-25-5-4-6-26-13-15-28(29)33(27)32(25)26/h4-18,35,41H,2-3,19-22H2,1H3,(H,36,40)/b18-17+. The third-order valence-electron chi connectivity index (χ3n) is 7.28. The van der Waals surface area contributed by atoms with Crippen LogP contribution in [-0.4, -0.2) is 48.4 Å². The number of benzene rings is 5. The molecule has 0 aliphatic carbocycles. The fourth-order valence-electron chi connectivity index (χ4n) is 5.04. The first-order valence-corrected chi connectivity index (χ1v) is 14.1. The highest BCUT2D eigenvalue weighted by Crippen LogP contribution is 2.37. The zero-order valence-electron chi connectivity index (χ0n) is 23.8. The highest BCUT2D eigenvalue weighted by Gasteiger charge is 2.13. The average Bonchev–Trinajstić information content (AvgIpc) is 3.04. The summed E-state index contributed by atoms with van der Waals surface area (Å²) in [7, 11) is 1.21. The molecule has 0 heterocycles. The SMILES string of the molecule is COC(=O)/C=C/C(=O)N(O)CCCCNCc1ccc(COC(=O)Nc2ccc3ccc4cccc5ccc2c3c45)cc1. The van der Waals surface area contributed by atoms with Crippen LogP contribution in [0.1, 0.15) is 24.0 Å². The maximum atomic E-state index is 12.7. The van der Waals surface area contributed by atoms with Crippen molar-refractivity contribution in [2.24, 2.45) is 0 Å². The molecule has 0 spiro atoms. The van der Waals surface area contributed by atoms with E-state index in [4.69, 9.17) is 4.74 Å². The number of nitrogens with one attached hydrogen (secondary N) is 2. The molecule has 5 aromatic carbocycles. The Morgan fingerprint density at radius 1 is 0.814 bits per heavy atom. The molecule has 0 aliphatic heterocycles. The number of carbonyl (C=O) groups excluding carboxylic acids is 3. The Hall–Kier alpha value is -4.99. The van der Waals surface area contributed by atoms with Gasteiger partial charge in [0.2, 0.25) is 0 Å². The molecule has 220 valence electrons. The molecule has 43 heavy (non-hydrogen) atoms. The average molecular weight is 580 g/mol. The van der Waals surface area contributed by atoms with Crippen LogP contribution in [0.2, 0.25) is 0 Å². The number of unbranched alkanes of at least 4 members (excludes halogenated alkanes) is 1. The third-order valence-corrected chi connectivity index (χ3v) is 7.28. The highest BCUT2D eigenvalue weighted by molar-refractivity contribution is 6.25. The largest absolute Gasteiger partial charge is 0.466 e. The molecule has 5 aromatic rings. The van der Waals surface area contributed by atoms with E-state index in [-0.39, 0.29) is 13.2 Å². The molecule has 5 rings (SSSR count). The summed E-state index contributed by atoms with van der Waals surface area (Å²) in [6, 6.07) is 26.4. The van der Waals surface area contributed by atoms with Crippen molar-refractivity contribution in [2.45, 2.75) is 26.0 Å². The Balaban J connectivity index is 1.05. The van der Waals surface area contributed by atoms with Gasteiger partial charge in [-0.2, -0.15) is 0 Å². The molecule has 9 heteroatoms. The molecule has 0 unspecified atom stereocenters. The van der Waals surface area contributed by atoms with Crippen molar-refractivity contribution in [1.29, 1.82) is 0 Å². The van der Waals surface area contributed by atoms with Gasteiger partial charge in [0.25, 0.3) is 5.91 Å². The predicted molar refractivity (Wildman–Crippen MR) is 166 cm³/mol. The van der Waals surface area contributed by atoms with E-state index in [2.05, 4.69) is 51.8 Å². The zero-order chi connectivity index (χ0) is 30.2. The van der Waals surface area contributed by atoms with Crippen molar-refractivity contribution >= 4 is 56.0 Å². The van der Waals surface area contributed by atoms with Crippen LogP contribution >= 0.6 is 0 Å². The molecule has 0 saturated heterocycles. The van der Waals surface area contributed by atoms with Gasteiger partial charge >= 0.3 is 12.1 Å². The van der Waals surface area contributed by atoms with Gasteiger partial charge in [-0.05, 0) is 63.5 Å². The maximum absolute atomic E-state index is 12.7. The van der Waals surface area contributed by atoms with Crippen molar-refractivity contribution in [3.05, 3.63) is 102 Å². The number of hydrogen-bond donors (Lipinski definition) is 3. The van der Waals surface area contributed by atoms with E-state index in [1.165, 1.54) is 23.3 Å². The zero-order valence-corrected chi connectivity index (χ0v) is 23.8. The Morgan fingerprint density at radius 2 is 1.49 bits per heavy atom. The molecule has 0 fully saturated rings. The maximum Gasteiger partial charge on any atom is 0.411 e. The normalized spacial score (nSPS) is 11.4. The number of carbonyl (C=O) groups is 3. The summed E-state index contributed by atoms with van der Waals surface area (Å²) in [5.74, 6) is -1.33. The van der Waals surface area contributed by atoms with E-state index in [0.717, 1.165) is 45.9 Å². The first-order valence-electron chi connectivity index (χ1n) is 14.1. The Labute approximate surface area is 249 Å². The summed E-state index contributed by atoms with van der Waals surface area (Å²) in [6.45, 7) is 1.66. The van der Waals surface area contributed by atoms with Gasteiger partial charge in [0.05, 0.1) is 12.8 Å². The summed E-state index contributed by atoms with van der Waals surface area (Å²) in [4.78, 5) is 35.4. The number of hydrogen-bond acceptors (Lipinski definition) is 7. The van der Waals surface area contributed by atoms with Gasteiger partial charge in [0, 0.05) is 30.6 Å². The van der Waals surface area contributed by atoms with Gasteiger partial charge in [-0.3, -0.25) is 15.3 Å². The summed E-state index contributed by atoms with van der Waals surface area (Å²) >= 11 is 0. The van der Waals surface area contributed by atoms with Crippen LogP contribution in [0.4, 0.5) is 10.5 Å². The minimum absolute atomic E-state index is 0.149. The fraction of sp³-hybridized carbons (Fsp3) is 0.206. The van der Waals surface area contributed by atoms with Crippen LogP contribution in [-0.2, 0) is 32.2 Å². The third kappa shape index (κ3) is 7.27. The summed E-state index contributed by atoms with van der Waals surface area (Å²) in [5.41, 5.74) is 2.67. The van der Waals surface area contributed by atoms with Crippen LogP contribution in [0.5, 0.6) is 0 Å². The first-order chi connectivity index (χ1) is 20.9. The summed E-state index contributed by atoms with van der Waals surface area (Å²) < 4.78 is 9.92. The number of methoxy groups -OCH3 is 1. The lowest BCUT2D eigenvalue weighted by atomic mass is 9.93. The quantitative estimate of drug-likeness (QED) is 0.0405. The number of rotatable bonds is 12. The predicted octanol–water partition coefficient (Wildman–Crippen LogP) is 6.15. The van der Waals surface area contributed by atoms with Crippen LogP contribution in [0, 0.1) is 0 Å². The van der Waals surface area contributed by atoms with Crippen molar-refractivity contribution in [1.82, 2.24) is 10.4 Å². The minimum atomic E-state index is -0.674. The van der Waals surface area contributed by atoms with Gasteiger partial charge in [0.15, 0.2) is 0 Å². The van der Waals surface area contributed by atoms with E-state index in [9.17, 15) is 19.6 Å². The van der Waals surface area contributed by atoms with Crippen LogP contribution in [0.15, 0.2) is 91.0 Å². The summed E-state index contributed by atoms with van der Waals surface area (Å²) in [5, 5.41) is 23.3. The number of ether oxygens (including phenoxy) is 2. The van der Waals surface area contributed by atoms with E-state index in [1.807, 2.05) is 42.5 Å². The summed E-state index contributed by atoms with van der Waals surface area (Å²) in [6.07, 6.45) is 2.77. The van der Waals surface area contributed by atoms with Gasteiger partial charge in [-0.15, -0.1) is 0 Å². The molecular weight excluding hydrogens is 546 g/mol. The highest BCUT2D eigenvalue weighted by atomic mass is 16.5. The second-order valence-electron chi connectivity index (χ2n) is 10.2. The molecule has 0 aromatic heterocycles. The van der Waals surface area contributed by atoms with Crippen molar-refractivity contribution in [3.63, 3.8) is 0 Å². The molecule has 2 amide bonds. The lowest BCUT2D eigenvalue weighted by Gasteiger charge is -2.14. The van der Waals surface area contributed by atoms with Crippen LogP contribution in [0.3, 0.4) is 0 Å². The molecule has 0 aliphatic rings. The molecular formula is C34H33N3O6. The lowest BCUT2D eigenvalue weighted by Crippen LogP contribution is -2.27. The van der Waals surface area contributed by atoms with Gasteiger partial charge < -0.3 is 14.8 Å². The number of esters is 1. The lowest BCUT2D eigenvalue weighted by molar-refractivity contribution is -0.159. The van der Waals surface area contributed by atoms with Crippen LogP contribution in [0.25, 0.3) is 32.3 Å². The number of amides is 2.